The molecule has 0 unspecified atom stereocenters. The van der Waals surface area contributed by atoms with E-state index in [-0.39, 0.29) is 28.3 Å². The fraction of sp³-hybridized carbons (Fsp3) is 0.636. The van der Waals surface area contributed by atoms with Gasteiger partial charge in [0.2, 0.25) is 0 Å². The summed E-state index contributed by atoms with van der Waals surface area (Å²) >= 11 is 0. The Hall–Kier alpha value is -0.748. The van der Waals surface area contributed by atoms with Crippen molar-refractivity contribution >= 4 is 25.2 Å². The zero-order valence-corrected chi connectivity index (χ0v) is 19.5. The summed E-state index contributed by atoms with van der Waals surface area (Å²) in [5.41, 5.74) is 2.07. The molecule has 3 rings (SSSR count). The van der Waals surface area contributed by atoms with Crippen molar-refractivity contribution in [1.82, 2.24) is 0 Å². The van der Waals surface area contributed by atoms with Gasteiger partial charge in [-0.05, 0) is 42.3 Å². The molecular formula is C22H35O4PPd. The van der Waals surface area contributed by atoms with E-state index in [1.807, 2.05) is 0 Å². The van der Waals surface area contributed by atoms with Gasteiger partial charge in [0.25, 0.3) is 11.9 Å². The number of carboxylic acid groups (broad SMARTS) is 2. The van der Waals surface area contributed by atoms with Crippen molar-refractivity contribution in [3.05, 3.63) is 30.3 Å². The molecule has 28 heavy (non-hydrogen) atoms. The topological polar surface area (TPSA) is 74.6 Å². The molecule has 2 aliphatic carbocycles. The Bertz CT molecular complexity index is 503. The maximum absolute atomic E-state index is 9.00. The monoisotopic (exact) mass is 500 g/mol. The van der Waals surface area contributed by atoms with Crippen LogP contribution in [0.3, 0.4) is 0 Å². The molecular weight excluding hydrogens is 466 g/mol. The normalized spacial score (nSPS) is 17.2. The summed E-state index contributed by atoms with van der Waals surface area (Å²) in [5, 5.41) is 16.5. The van der Waals surface area contributed by atoms with Gasteiger partial charge in [-0.3, -0.25) is 9.59 Å². The molecule has 0 heterocycles. The van der Waals surface area contributed by atoms with Crippen LogP contribution >= 0.6 is 7.92 Å². The van der Waals surface area contributed by atoms with Gasteiger partial charge in [-0.25, -0.2) is 0 Å². The Morgan fingerprint density at radius 1 is 0.750 bits per heavy atom. The minimum absolute atomic E-state index is 0. The number of carboxylic acids is 2. The Morgan fingerprint density at radius 2 is 1.07 bits per heavy atom. The van der Waals surface area contributed by atoms with Gasteiger partial charge in [0.05, 0.1) is 0 Å². The second-order valence-corrected chi connectivity index (χ2v) is 10.2. The average molecular weight is 501 g/mol. The van der Waals surface area contributed by atoms with Crippen LogP contribution in [0.25, 0.3) is 0 Å². The summed E-state index contributed by atoms with van der Waals surface area (Å²) < 4.78 is 0. The van der Waals surface area contributed by atoms with Gasteiger partial charge in [0.15, 0.2) is 0 Å². The maximum atomic E-state index is 9.00. The second kappa shape index (κ2) is 16.1. The first-order chi connectivity index (χ1) is 12.9. The van der Waals surface area contributed by atoms with Gasteiger partial charge in [-0.2, -0.15) is 0 Å². The largest absolute Gasteiger partial charge is 0.481 e. The molecule has 0 bridgehead atoms. The van der Waals surface area contributed by atoms with Crippen molar-refractivity contribution in [1.29, 1.82) is 0 Å². The fourth-order valence-electron chi connectivity index (χ4n) is 4.04. The quantitative estimate of drug-likeness (QED) is 0.416. The maximum Gasteiger partial charge on any atom is 0.300 e. The first kappa shape index (κ1) is 27.3. The molecule has 6 heteroatoms. The van der Waals surface area contributed by atoms with E-state index in [9.17, 15) is 0 Å². The zero-order chi connectivity index (χ0) is 20.1. The van der Waals surface area contributed by atoms with E-state index < -0.39 is 11.9 Å². The van der Waals surface area contributed by atoms with Gasteiger partial charge in [-0.15, -0.1) is 0 Å². The first-order valence-electron chi connectivity index (χ1n) is 10.1. The summed E-state index contributed by atoms with van der Waals surface area (Å²) in [6.07, 6.45) is 15.0. The molecule has 2 N–H and O–H groups in total. The Balaban J connectivity index is 0.000000697. The smallest absolute Gasteiger partial charge is 0.300 e. The van der Waals surface area contributed by atoms with Crippen molar-refractivity contribution < 1.29 is 40.2 Å². The third-order valence-corrected chi connectivity index (χ3v) is 8.49. The molecule has 4 nitrogen and oxygen atoms in total. The molecule has 1 aromatic rings. The van der Waals surface area contributed by atoms with Crippen molar-refractivity contribution in [2.45, 2.75) is 89.4 Å². The minimum atomic E-state index is -0.833. The summed E-state index contributed by atoms with van der Waals surface area (Å²) in [6.45, 7) is 2.17. The van der Waals surface area contributed by atoms with Gasteiger partial charge in [0, 0.05) is 34.3 Å². The van der Waals surface area contributed by atoms with Crippen molar-refractivity contribution in [2.24, 2.45) is 0 Å². The molecule has 0 aromatic heterocycles. The van der Waals surface area contributed by atoms with Crippen molar-refractivity contribution in [3.8, 4) is 0 Å². The SMILES string of the molecule is CC(=O)O.CC(=O)O.[Pd].c1ccc(P(C2CCCCC2)C2CCCCC2)cc1. The number of hydrogen-bond donors (Lipinski definition) is 2. The van der Waals surface area contributed by atoms with Crippen LogP contribution in [-0.2, 0) is 30.0 Å². The van der Waals surface area contributed by atoms with Gasteiger partial charge < -0.3 is 10.2 Å². The van der Waals surface area contributed by atoms with Crippen LogP contribution in [0.2, 0.25) is 0 Å². The fourth-order valence-corrected chi connectivity index (χ4v) is 7.84. The number of hydrogen-bond acceptors (Lipinski definition) is 2. The molecule has 0 radical (unpaired) electrons. The minimum Gasteiger partial charge on any atom is -0.481 e. The summed E-state index contributed by atoms with van der Waals surface area (Å²) in [4.78, 5) is 18.0. The average Bonchev–Trinajstić information content (AvgIpc) is 2.64. The molecule has 2 saturated carbocycles. The Kier molecular flexibility index (Phi) is 15.7. The predicted octanol–water partition coefficient (Wildman–Crippen LogP) is 5.64. The molecule has 0 amide bonds. The first-order valence-corrected chi connectivity index (χ1v) is 11.6. The van der Waals surface area contributed by atoms with E-state index in [0.29, 0.717) is 0 Å². The standard InChI is InChI=1S/C18H27P.2C2H4O2.Pd/c1-4-10-16(11-5-1)19(17-12-6-2-7-13-17)18-14-8-3-9-15-18;2*1-2(3)4;/h1,4-5,10-11,17-18H,2-3,6-9,12-15H2;2*1H3,(H,3,4);. The Labute approximate surface area is 184 Å². The van der Waals surface area contributed by atoms with Gasteiger partial charge in [0.1, 0.15) is 0 Å². The molecule has 1 aromatic carbocycles. The van der Waals surface area contributed by atoms with Crippen molar-refractivity contribution in [2.75, 3.05) is 0 Å². The van der Waals surface area contributed by atoms with E-state index in [1.165, 1.54) is 64.2 Å². The number of rotatable bonds is 3. The van der Waals surface area contributed by atoms with Crippen LogP contribution in [0.1, 0.15) is 78.1 Å². The zero-order valence-electron chi connectivity index (χ0n) is 17.1. The van der Waals surface area contributed by atoms with Crippen LogP contribution in [0.4, 0.5) is 0 Å². The summed E-state index contributed by atoms with van der Waals surface area (Å²) in [5.74, 6) is -1.67. The van der Waals surface area contributed by atoms with E-state index in [4.69, 9.17) is 19.8 Å². The van der Waals surface area contributed by atoms with E-state index in [0.717, 1.165) is 25.2 Å². The van der Waals surface area contributed by atoms with Crippen molar-refractivity contribution in [3.63, 3.8) is 0 Å². The second-order valence-electron chi connectivity index (χ2n) is 7.36. The van der Waals surface area contributed by atoms with E-state index in [2.05, 4.69) is 30.3 Å². The summed E-state index contributed by atoms with van der Waals surface area (Å²) in [7, 11) is 0.108. The molecule has 0 aliphatic heterocycles. The van der Waals surface area contributed by atoms with Gasteiger partial charge >= 0.3 is 0 Å². The van der Waals surface area contributed by atoms with Gasteiger partial charge in [-0.1, -0.05) is 76.8 Å². The number of benzene rings is 1. The van der Waals surface area contributed by atoms with E-state index >= 15 is 0 Å². The van der Waals surface area contributed by atoms with Crippen LogP contribution in [0.15, 0.2) is 30.3 Å². The molecule has 0 spiro atoms. The molecule has 162 valence electrons. The van der Waals surface area contributed by atoms with Crippen LogP contribution in [-0.4, -0.2) is 33.5 Å². The molecule has 2 fully saturated rings. The van der Waals surface area contributed by atoms with Crippen LogP contribution < -0.4 is 5.30 Å². The molecule has 0 atom stereocenters. The molecule has 2 aliphatic rings. The summed E-state index contributed by atoms with van der Waals surface area (Å²) in [6, 6.07) is 11.6. The predicted molar refractivity (Wildman–Crippen MR) is 113 cm³/mol. The number of carbonyl (C=O) groups is 2. The van der Waals surface area contributed by atoms with Crippen LogP contribution in [0.5, 0.6) is 0 Å². The molecule has 0 saturated heterocycles. The third kappa shape index (κ3) is 12.0. The third-order valence-electron chi connectivity index (χ3n) is 4.99. The Morgan fingerprint density at radius 3 is 1.39 bits per heavy atom. The van der Waals surface area contributed by atoms with Crippen LogP contribution in [0, 0.1) is 0 Å². The number of aliphatic carboxylic acids is 2. The van der Waals surface area contributed by atoms with E-state index in [1.54, 1.807) is 5.30 Å².